The molecule has 0 atom stereocenters. The molecule has 0 heterocycles. The molecule has 1 rings (SSSR count). The van der Waals surface area contributed by atoms with Gasteiger partial charge in [-0.05, 0) is 69.6 Å². The smallest absolute Gasteiger partial charge is 0.744 e. The average molecular weight is 701 g/mol. The van der Waals surface area contributed by atoms with Gasteiger partial charge in [0.05, 0.1) is 29.2 Å². The van der Waals surface area contributed by atoms with Gasteiger partial charge in [0.2, 0.25) is 0 Å². The fourth-order valence-corrected chi connectivity index (χ4v) is 5.62. The Bertz CT molecular complexity index is 1120. The summed E-state index contributed by atoms with van der Waals surface area (Å²) in [6.45, 7) is 4.77. The molecular formula is C38H61KO7S. The third kappa shape index (κ3) is 24.9. The largest absolute Gasteiger partial charge is 1.00 e. The minimum Gasteiger partial charge on any atom is -0.744 e. The number of ether oxygens (including phenoxy) is 2. The monoisotopic (exact) mass is 700 g/mol. The summed E-state index contributed by atoms with van der Waals surface area (Å²) in [4.78, 5) is 25.0. The number of esters is 2. The number of unbranched alkanes of at least 4 members (excludes halogenated alkanes) is 18. The van der Waals surface area contributed by atoms with Crippen LogP contribution in [0.5, 0.6) is 0 Å². The summed E-state index contributed by atoms with van der Waals surface area (Å²) in [5.41, 5.74) is -0.354. The van der Waals surface area contributed by atoms with Crippen molar-refractivity contribution in [3.63, 3.8) is 0 Å². The number of carbonyl (C=O) groups is 2. The first-order valence-electron chi connectivity index (χ1n) is 18.0. The van der Waals surface area contributed by atoms with Gasteiger partial charge in [-0.1, -0.05) is 128 Å². The van der Waals surface area contributed by atoms with E-state index in [-0.39, 0.29) is 75.7 Å². The molecule has 7 nitrogen and oxygen atoms in total. The second-order valence-corrected chi connectivity index (χ2v) is 13.6. The van der Waals surface area contributed by atoms with Crippen molar-refractivity contribution in [2.45, 2.75) is 160 Å². The third-order valence-corrected chi connectivity index (χ3v) is 8.83. The summed E-state index contributed by atoms with van der Waals surface area (Å²) >= 11 is 0. The standard InChI is InChI=1S/C38H62O7S.K/c1-3-5-7-9-11-13-15-17-19-21-23-25-27-31-44-37(39)35-30-29-34(46(41,42)43)33-36(35)38(40)45-32-28-26-24-22-20-18-16-14-12-10-8-6-4-2;/h9-12,29-30,33H,3-8,13-28,31-32H2,1-2H3,(H,41,42,43);/q;+1/p-1/b11-9+,12-10+;. The van der Waals surface area contributed by atoms with Crippen LogP contribution in [0, 0.1) is 0 Å². The molecule has 0 amide bonds. The SMILES string of the molecule is CCCC/C=C/CCCCCCCCCOC(=O)c1ccc(S(=O)(=O)[O-])cc1C(=O)OCCCCCCCCC/C=C/CCCC.[K+]. The van der Waals surface area contributed by atoms with Crippen molar-refractivity contribution in [2.75, 3.05) is 13.2 Å². The maximum atomic E-state index is 12.8. The molecule has 0 aliphatic rings. The van der Waals surface area contributed by atoms with Crippen molar-refractivity contribution in [2.24, 2.45) is 0 Å². The minimum atomic E-state index is -4.81. The molecule has 0 unspecified atom stereocenters. The number of allylic oxidation sites excluding steroid dienone is 4. The maximum absolute atomic E-state index is 12.8. The Balaban J connectivity index is 0.0000212. The summed E-state index contributed by atoms with van der Waals surface area (Å²) in [5.74, 6) is -1.56. The van der Waals surface area contributed by atoms with E-state index in [0.717, 1.165) is 69.6 Å². The molecule has 0 saturated heterocycles. The van der Waals surface area contributed by atoms with Crippen LogP contribution in [0.25, 0.3) is 0 Å². The van der Waals surface area contributed by atoms with E-state index in [1.807, 2.05) is 0 Å². The van der Waals surface area contributed by atoms with Gasteiger partial charge in [-0.25, -0.2) is 18.0 Å². The van der Waals surface area contributed by atoms with Gasteiger partial charge in [0.25, 0.3) is 0 Å². The molecule has 0 N–H and O–H groups in total. The third-order valence-electron chi connectivity index (χ3n) is 8.00. The average Bonchev–Trinajstić information content (AvgIpc) is 3.04. The van der Waals surface area contributed by atoms with E-state index < -0.39 is 27.0 Å². The summed E-state index contributed by atoms with van der Waals surface area (Å²) in [6.07, 6.45) is 33.6. The summed E-state index contributed by atoms with van der Waals surface area (Å²) < 4.78 is 45.5. The van der Waals surface area contributed by atoms with E-state index in [4.69, 9.17) is 9.47 Å². The Hall–Kier alpha value is -0.814. The maximum Gasteiger partial charge on any atom is 1.00 e. The molecule has 0 saturated carbocycles. The van der Waals surface area contributed by atoms with Crippen molar-refractivity contribution in [1.29, 1.82) is 0 Å². The Morgan fingerprint density at radius 3 is 1.34 bits per heavy atom. The van der Waals surface area contributed by atoms with Crippen LogP contribution < -0.4 is 51.4 Å². The predicted molar refractivity (Wildman–Crippen MR) is 186 cm³/mol. The van der Waals surface area contributed by atoms with Crippen molar-refractivity contribution < 1.29 is 83.4 Å². The molecule has 1 aromatic rings. The van der Waals surface area contributed by atoms with Crippen LogP contribution in [0.15, 0.2) is 47.4 Å². The Labute approximate surface area is 329 Å². The normalized spacial score (nSPS) is 11.6. The molecule has 0 radical (unpaired) electrons. The first-order valence-corrected chi connectivity index (χ1v) is 19.5. The molecule has 0 aromatic heterocycles. The zero-order valence-corrected chi connectivity index (χ0v) is 33.7. The zero-order valence-electron chi connectivity index (χ0n) is 29.8. The molecule has 9 heteroatoms. The second-order valence-electron chi connectivity index (χ2n) is 12.2. The van der Waals surface area contributed by atoms with E-state index in [1.165, 1.54) is 77.0 Å². The molecule has 47 heavy (non-hydrogen) atoms. The van der Waals surface area contributed by atoms with Gasteiger partial charge in [0.15, 0.2) is 0 Å². The number of benzene rings is 1. The van der Waals surface area contributed by atoms with Gasteiger partial charge in [0, 0.05) is 0 Å². The number of hydrogen-bond donors (Lipinski definition) is 0. The van der Waals surface area contributed by atoms with Gasteiger partial charge in [0.1, 0.15) is 10.1 Å². The van der Waals surface area contributed by atoms with Crippen LogP contribution in [0.4, 0.5) is 0 Å². The van der Waals surface area contributed by atoms with Gasteiger partial charge in [-0.15, -0.1) is 0 Å². The molecule has 0 bridgehead atoms. The fraction of sp³-hybridized carbons (Fsp3) is 0.684. The van der Waals surface area contributed by atoms with E-state index in [1.54, 1.807) is 0 Å². The van der Waals surface area contributed by atoms with Crippen LogP contribution in [-0.2, 0) is 19.6 Å². The minimum absolute atomic E-state index is 0. The topological polar surface area (TPSA) is 110 Å². The van der Waals surface area contributed by atoms with E-state index in [0.29, 0.717) is 12.8 Å². The number of carbonyl (C=O) groups excluding carboxylic acids is 2. The van der Waals surface area contributed by atoms with Crippen molar-refractivity contribution in [3.05, 3.63) is 53.6 Å². The molecule has 0 spiro atoms. The molecule has 0 fully saturated rings. The first-order chi connectivity index (χ1) is 22.3. The molecular weight excluding hydrogens is 640 g/mol. The zero-order chi connectivity index (χ0) is 33.7. The summed E-state index contributed by atoms with van der Waals surface area (Å²) in [7, 11) is -4.81. The van der Waals surface area contributed by atoms with Crippen LogP contribution in [0.3, 0.4) is 0 Å². The van der Waals surface area contributed by atoms with Crippen LogP contribution >= 0.6 is 0 Å². The van der Waals surface area contributed by atoms with Crippen molar-refractivity contribution in [1.82, 2.24) is 0 Å². The Morgan fingerprint density at radius 1 is 0.574 bits per heavy atom. The Kier molecular flexibility index (Phi) is 30.6. The second kappa shape index (κ2) is 31.2. The van der Waals surface area contributed by atoms with Gasteiger partial charge in [-0.3, -0.25) is 0 Å². The van der Waals surface area contributed by atoms with Crippen LogP contribution in [0.1, 0.15) is 176 Å². The van der Waals surface area contributed by atoms with E-state index in [9.17, 15) is 22.6 Å². The van der Waals surface area contributed by atoms with Gasteiger partial charge in [-0.2, -0.15) is 0 Å². The predicted octanol–water partition coefficient (Wildman–Crippen LogP) is 7.64. The Morgan fingerprint density at radius 2 is 0.936 bits per heavy atom. The quantitative estimate of drug-likeness (QED) is 0.0278. The van der Waals surface area contributed by atoms with E-state index in [2.05, 4.69) is 38.2 Å². The number of hydrogen-bond acceptors (Lipinski definition) is 7. The van der Waals surface area contributed by atoms with E-state index >= 15 is 0 Å². The van der Waals surface area contributed by atoms with Crippen LogP contribution in [-0.4, -0.2) is 38.1 Å². The number of rotatable bonds is 29. The van der Waals surface area contributed by atoms with Gasteiger partial charge < -0.3 is 14.0 Å². The summed E-state index contributed by atoms with van der Waals surface area (Å²) in [6, 6.07) is 3.10. The molecule has 0 aliphatic heterocycles. The van der Waals surface area contributed by atoms with Crippen molar-refractivity contribution in [3.8, 4) is 0 Å². The van der Waals surface area contributed by atoms with Crippen molar-refractivity contribution >= 4 is 22.1 Å². The molecule has 1 aromatic carbocycles. The molecule has 0 aliphatic carbocycles. The first kappa shape index (κ1) is 46.2. The van der Waals surface area contributed by atoms with Crippen LogP contribution in [0.2, 0.25) is 0 Å². The fourth-order valence-electron chi connectivity index (χ4n) is 5.12. The van der Waals surface area contributed by atoms with Gasteiger partial charge >= 0.3 is 63.3 Å². The molecule has 262 valence electrons. The summed E-state index contributed by atoms with van der Waals surface area (Å²) in [5, 5.41) is 0.